The molecule has 0 saturated carbocycles. The monoisotopic (exact) mass is 861 g/mol. The lowest BCUT2D eigenvalue weighted by atomic mass is 10.1. The molecule has 62 heavy (non-hydrogen) atoms. The maximum absolute atomic E-state index is 12.7. The van der Waals surface area contributed by atoms with Gasteiger partial charge in [-0.25, -0.2) is 4.79 Å². The zero-order chi connectivity index (χ0) is 45.6. The van der Waals surface area contributed by atoms with Gasteiger partial charge >= 0.3 is 17.9 Å². The van der Waals surface area contributed by atoms with E-state index in [0.717, 1.165) is 77.0 Å². The summed E-state index contributed by atoms with van der Waals surface area (Å²) in [6, 6.07) is -0.639. The minimum atomic E-state index is -0.895. The Morgan fingerprint density at radius 2 is 0.903 bits per heavy atom. The molecule has 348 valence electrons. The summed E-state index contributed by atoms with van der Waals surface area (Å²) in [7, 11) is 5.48. The van der Waals surface area contributed by atoms with Crippen LogP contribution in [0.2, 0.25) is 0 Å². The van der Waals surface area contributed by atoms with Gasteiger partial charge < -0.3 is 23.8 Å². The van der Waals surface area contributed by atoms with E-state index < -0.39 is 18.1 Å². The number of nitrogens with zero attached hydrogens (tertiary/aromatic N) is 1. The van der Waals surface area contributed by atoms with E-state index >= 15 is 0 Å². The summed E-state index contributed by atoms with van der Waals surface area (Å²) >= 11 is 0. The lowest BCUT2D eigenvalue weighted by Gasteiger charge is -2.31. The van der Waals surface area contributed by atoms with Gasteiger partial charge in [0.15, 0.2) is 12.1 Å². The van der Waals surface area contributed by atoms with Crippen LogP contribution in [0.1, 0.15) is 149 Å². The van der Waals surface area contributed by atoms with Gasteiger partial charge in [-0.15, -0.1) is 0 Å². The lowest BCUT2D eigenvalue weighted by molar-refractivity contribution is -0.887. The first-order chi connectivity index (χ1) is 30.1. The van der Waals surface area contributed by atoms with E-state index in [1.807, 2.05) is 21.1 Å². The molecule has 0 aliphatic rings. The number of unbranched alkanes of at least 4 members (excludes halogenated alkanes) is 6. The molecule has 0 saturated heterocycles. The quantitative estimate of drug-likeness (QED) is 0.0283. The van der Waals surface area contributed by atoms with Gasteiger partial charge in [0.1, 0.15) is 6.61 Å². The Balaban J connectivity index is 4.51. The Labute approximate surface area is 378 Å². The van der Waals surface area contributed by atoms with Crippen LogP contribution in [0.15, 0.2) is 122 Å². The van der Waals surface area contributed by atoms with Crippen LogP contribution in [0.5, 0.6) is 0 Å². The Morgan fingerprint density at radius 1 is 0.500 bits per heavy atom. The maximum atomic E-state index is 12.7. The van der Waals surface area contributed by atoms with E-state index in [1.165, 1.54) is 25.7 Å². The zero-order valence-corrected chi connectivity index (χ0v) is 39.5. The van der Waals surface area contributed by atoms with Gasteiger partial charge in [0.2, 0.25) is 0 Å². The molecular weight excluding hydrogens is 775 g/mol. The number of aliphatic carboxylic acids is 1. The summed E-state index contributed by atoms with van der Waals surface area (Å²) in [6.45, 7) is 4.46. The number of carboxylic acid groups (broad SMARTS) is 1. The van der Waals surface area contributed by atoms with Crippen LogP contribution in [0, 0.1) is 0 Å². The van der Waals surface area contributed by atoms with E-state index in [9.17, 15) is 19.5 Å². The van der Waals surface area contributed by atoms with Crippen molar-refractivity contribution in [3.8, 4) is 0 Å². The third-order valence-electron chi connectivity index (χ3n) is 9.60. The normalized spacial score (nSPS) is 14.0. The number of esters is 2. The predicted octanol–water partition coefficient (Wildman–Crippen LogP) is 13.4. The molecule has 0 aromatic heterocycles. The summed E-state index contributed by atoms with van der Waals surface area (Å²) in [5.74, 6) is -1.62. The molecule has 0 aliphatic heterocycles. The van der Waals surface area contributed by atoms with E-state index in [1.54, 1.807) is 0 Å². The zero-order valence-electron chi connectivity index (χ0n) is 39.5. The first-order valence-corrected chi connectivity index (χ1v) is 23.6. The number of quaternary nitrogens is 1. The van der Waals surface area contributed by atoms with Crippen molar-refractivity contribution in [2.24, 2.45) is 0 Å². The highest BCUT2D eigenvalue weighted by molar-refractivity contribution is 5.72. The van der Waals surface area contributed by atoms with Crippen LogP contribution < -0.4 is 0 Å². The molecule has 8 heteroatoms. The molecule has 0 rings (SSSR count). The van der Waals surface area contributed by atoms with Crippen molar-refractivity contribution in [3.05, 3.63) is 122 Å². The second-order valence-corrected chi connectivity index (χ2v) is 16.3. The molecule has 0 fully saturated rings. The molecule has 0 aromatic carbocycles. The van der Waals surface area contributed by atoms with Crippen LogP contribution in [0.3, 0.4) is 0 Å². The van der Waals surface area contributed by atoms with Crippen molar-refractivity contribution in [2.75, 3.05) is 41.0 Å². The fourth-order valence-electron chi connectivity index (χ4n) is 5.97. The number of carbonyl (C=O) groups is 3. The maximum Gasteiger partial charge on any atom is 0.362 e. The highest BCUT2D eigenvalue weighted by Gasteiger charge is 2.31. The molecule has 0 radical (unpaired) electrons. The third kappa shape index (κ3) is 41.1. The Bertz CT molecular complexity index is 1420. The number of ether oxygens (including phenoxy) is 3. The number of hydrogen-bond donors (Lipinski definition) is 1. The topological polar surface area (TPSA) is 99.1 Å². The van der Waals surface area contributed by atoms with E-state index in [2.05, 4.69) is 135 Å². The summed E-state index contributed by atoms with van der Waals surface area (Å²) in [5.41, 5.74) is 0. The standard InChI is InChI=1S/C54H85NO7/c1-6-8-10-12-14-16-18-20-22-24-25-26-27-29-30-32-34-36-38-40-42-44-52(56)61-49-50(48-60-47-46-51(54(58)59)55(3,4)5)62-53(57)45-43-41-39-37-35-33-31-28-23-21-19-17-15-13-11-9-7-2/h8,10,14-17,20-23,25-26,29-31,33-34,36-37,39,50-51H,6-7,9,11-13,18-19,24,27-28,32,35,38,40-49H2,1-5H3/p+1/b10-8+,16-14+,17-15+,22-20+,23-21+,26-25+,30-29+,33-31+,36-34+,39-37+. The van der Waals surface area contributed by atoms with Gasteiger partial charge in [-0.2, -0.15) is 0 Å². The molecule has 2 atom stereocenters. The molecule has 0 amide bonds. The number of carbonyl (C=O) groups excluding carboxylic acids is 2. The van der Waals surface area contributed by atoms with Crippen molar-refractivity contribution in [1.82, 2.24) is 0 Å². The number of carboxylic acids is 1. The fraction of sp³-hybridized carbons (Fsp3) is 0.574. The summed E-state index contributed by atoms with van der Waals surface area (Å²) in [4.78, 5) is 37.0. The van der Waals surface area contributed by atoms with Gasteiger partial charge in [-0.3, -0.25) is 9.59 Å². The number of allylic oxidation sites excluding steroid dienone is 20. The van der Waals surface area contributed by atoms with E-state index in [0.29, 0.717) is 19.3 Å². The van der Waals surface area contributed by atoms with Crippen molar-refractivity contribution >= 4 is 17.9 Å². The predicted molar refractivity (Wildman–Crippen MR) is 261 cm³/mol. The molecule has 1 N–H and O–H groups in total. The van der Waals surface area contributed by atoms with Crippen LogP contribution in [0.4, 0.5) is 0 Å². The van der Waals surface area contributed by atoms with Crippen molar-refractivity contribution in [1.29, 1.82) is 0 Å². The number of hydrogen-bond acceptors (Lipinski definition) is 6. The van der Waals surface area contributed by atoms with Crippen molar-refractivity contribution in [2.45, 2.75) is 161 Å². The Morgan fingerprint density at radius 3 is 1.32 bits per heavy atom. The number of likely N-dealkylation sites (N-methyl/N-ethyl adjacent to an activating group) is 1. The van der Waals surface area contributed by atoms with Crippen LogP contribution in [-0.4, -0.2) is 80.6 Å². The third-order valence-corrected chi connectivity index (χ3v) is 9.60. The average Bonchev–Trinajstić information content (AvgIpc) is 3.23. The van der Waals surface area contributed by atoms with Crippen molar-refractivity contribution in [3.63, 3.8) is 0 Å². The average molecular weight is 861 g/mol. The smallest absolute Gasteiger partial charge is 0.362 e. The second-order valence-electron chi connectivity index (χ2n) is 16.3. The summed E-state index contributed by atoms with van der Waals surface area (Å²) in [6.07, 6.45) is 61.1. The van der Waals surface area contributed by atoms with Crippen molar-refractivity contribution < 1.29 is 38.2 Å². The Kier molecular flexibility index (Phi) is 40.4. The first-order valence-electron chi connectivity index (χ1n) is 23.6. The molecular formula is C54H86NO7+. The van der Waals surface area contributed by atoms with E-state index in [4.69, 9.17) is 14.2 Å². The van der Waals surface area contributed by atoms with Gasteiger partial charge in [-0.1, -0.05) is 148 Å². The van der Waals surface area contributed by atoms with Gasteiger partial charge in [0, 0.05) is 19.3 Å². The summed E-state index contributed by atoms with van der Waals surface area (Å²) in [5, 5.41) is 9.63. The van der Waals surface area contributed by atoms with E-state index in [-0.39, 0.29) is 49.1 Å². The van der Waals surface area contributed by atoms with Crippen LogP contribution in [0.25, 0.3) is 0 Å². The SMILES string of the molecule is CC/C=C/C/C=C/C/C=C/C/C=C/C/C=C/C/C=C/CCCCC(=O)OCC(COCCC(C(=O)O)[N+](C)(C)C)OC(=O)CCC/C=C/C/C=C/C/C=C/C/C=C/CCCCC. The first kappa shape index (κ1) is 57.7. The molecule has 0 aromatic rings. The fourth-order valence-corrected chi connectivity index (χ4v) is 5.97. The largest absolute Gasteiger partial charge is 0.477 e. The molecule has 0 heterocycles. The van der Waals surface area contributed by atoms with Gasteiger partial charge in [-0.05, 0) is 103 Å². The molecule has 8 nitrogen and oxygen atoms in total. The Hall–Kier alpha value is -4.27. The molecule has 2 unspecified atom stereocenters. The van der Waals surface area contributed by atoms with Gasteiger partial charge in [0.05, 0.1) is 34.4 Å². The molecule has 0 bridgehead atoms. The van der Waals surface area contributed by atoms with Gasteiger partial charge in [0.25, 0.3) is 0 Å². The minimum Gasteiger partial charge on any atom is -0.477 e. The second kappa shape index (κ2) is 43.4. The number of rotatable bonds is 40. The van der Waals surface area contributed by atoms with Crippen LogP contribution >= 0.6 is 0 Å². The minimum absolute atomic E-state index is 0.0162. The highest BCUT2D eigenvalue weighted by atomic mass is 16.6. The lowest BCUT2D eigenvalue weighted by Crippen LogP contribution is -2.50. The highest BCUT2D eigenvalue weighted by Crippen LogP contribution is 2.11. The van der Waals surface area contributed by atoms with Crippen LogP contribution in [-0.2, 0) is 28.6 Å². The molecule has 0 spiro atoms. The summed E-state index contributed by atoms with van der Waals surface area (Å²) < 4.78 is 17.2. The molecule has 0 aliphatic carbocycles.